The molecule has 3 rings (SSSR count). The predicted molar refractivity (Wildman–Crippen MR) is 75.6 cm³/mol. The van der Waals surface area contributed by atoms with Crippen LogP contribution < -0.4 is 0 Å². The smallest absolute Gasteiger partial charge is 0.124 e. The zero-order chi connectivity index (χ0) is 13.2. The van der Waals surface area contributed by atoms with Gasteiger partial charge in [-0.3, -0.25) is 4.98 Å². The molecule has 2 aromatic heterocycles. The van der Waals surface area contributed by atoms with E-state index in [1.807, 2.05) is 0 Å². The van der Waals surface area contributed by atoms with Crippen LogP contribution in [0.3, 0.4) is 0 Å². The fourth-order valence-corrected chi connectivity index (χ4v) is 3.06. The van der Waals surface area contributed by atoms with Gasteiger partial charge in [0.1, 0.15) is 11.3 Å². The maximum atomic E-state index is 6.25. The lowest BCUT2D eigenvalue weighted by Gasteiger charge is -2.23. The minimum atomic E-state index is 0.374. The number of aromatic nitrogens is 3. The maximum Gasteiger partial charge on any atom is 0.124 e. The number of halogens is 2. The molecule has 2 aromatic rings. The van der Waals surface area contributed by atoms with E-state index in [4.69, 9.17) is 27.9 Å². The third kappa shape index (κ3) is 2.57. The number of rotatable bonds is 3. The van der Waals surface area contributed by atoms with Gasteiger partial charge < -0.3 is 9.30 Å². The van der Waals surface area contributed by atoms with Crippen LogP contribution in [0.5, 0.6) is 0 Å². The first kappa shape index (κ1) is 13.2. The molecule has 19 heavy (non-hydrogen) atoms. The molecular formula is C13H15Cl2N3O. The molecule has 0 N–H and O–H groups in total. The van der Waals surface area contributed by atoms with Gasteiger partial charge in [-0.25, -0.2) is 4.98 Å². The van der Waals surface area contributed by atoms with Gasteiger partial charge >= 0.3 is 0 Å². The summed E-state index contributed by atoms with van der Waals surface area (Å²) in [5, 5.41) is 0.623. The van der Waals surface area contributed by atoms with Gasteiger partial charge in [0, 0.05) is 25.3 Å². The monoisotopic (exact) mass is 299 g/mol. The Balaban J connectivity index is 2.00. The first-order valence-corrected chi connectivity index (χ1v) is 7.33. The van der Waals surface area contributed by atoms with Crippen LogP contribution in [0.25, 0.3) is 11.0 Å². The van der Waals surface area contributed by atoms with Crippen molar-refractivity contribution in [2.75, 3.05) is 13.2 Å². The number of pyridine rings is 1. The Morgan fingerprint density at radius 2 is 2.32 bits per heavy atom. The van der Waals surface area contributed by atoms with Crippen LogP contribution in [-0.2, 0) is 17.2 Å². The van der Waals surface area contributed by atoms with Crippen LogP contribution in [0, 0.1) is 5.92 Å². The molecule has 1 aliphatic rings. The first-order valence-electron chi connectivity index (χ1n) is 6.42. The van der Waals surface area contributed by atoms with Crippen LogP contribution in [0.2, 0.25) is 5.02 Å². The number of hydrogen-bond donors (Lipinski definition) is 0. The highest BCUT2D eigenvalue weighted by Gasteiger charge is 2.19. The number of ether oxygens (including phenoxy) is 1. The molecule has 0 spiro atoms. The quantitative estimate of drug-likeness (QED) is 0.817. The zero-order valence-electron chi connectivity index (χ0n) is 10.5. The average Bonchev–Trinajstić information content (AvgIpc) is 2.79. The molecule has 1 fully saturated rings. The Bertz CT molecular complexity index is 579. The summed E-state index contributed by atoms with van der Waals surface area (Å²) in [6.07, 6.45) is 5.66. The van der Waals surface area contributed by atoms with E-state index < -0.39 is 0 Å². The summed E-state index contributed by atoms with van der Waals surface area (Å²) < 4.78 is 7.65. The number of alkyl halides is 1. The molecule has 0 aromatic carbocycles. The first-order chi connectivity index (χ1) is 9.29. The highest BCUT2D eigenvalue weighted by Crippen LogP contribution is 2.26. The lowest BCUT2D eigenvalue weighted by molar-refractivity contribution is 0.0485. The second-order valence-corrected chi connectivity index (χ2v) is 5.52. The van der Waals surface area contributed by atoms with Crippen molar-refractivity contribution in [2.24, 2.45) is 5.92 Å². The van der Waals surface area contributed by atoms with Gasteiger partial charge in [-0.2, -0.15) is 0 Å². The fourth-order valence-electron chi connectivity index (χ4n) is 2.60. The molecule has 1 saturated heterocycles. The molecule has 1 aliphatic heterocycles. The van der Waals surface area contributed by atoms with Crippen molar-refractivity contribution in [3.8, 4) is 0 Å². The summed E-state index contributed by atoms with van der Waals surface area (Å²) in [5.41, 5.74) is 1.73. The zero-order valence-corrected chi connectivity index (χ0v) is 12.0. The number of hydrogen-bond acceptors (Lipinski definition) is 3. The Hall–Kier alpha value is -0.840. The van der Waals surface area contributed by atoms with Gasteiger partial charge in [-0.15, -0.1) is 11.6 Å². The van der Waals surface area contributed by atoms with E-state index in [1.165, 1.54) is 6.42 Å². The van der Waals surface area contributed by atoms with E-state index in [0.717, 1.165) is 43.0 Å². The average molecular weight is 300 g/mol. The predicted octanol–water partition coefficient (Wildman–Crippen LogP) is 3.25. The molecule has 4 nitrogen and oxygen atoms in total. The lowest BCUT2D eigenvalue weighted by Crippen LogP contribution is -2.22. The summed E-state index contributed by atoms with van der Waals surface area (Å²) >= 11 is 12.2. The second-order valence-electron chi connectivity index (χ2n) is 4.84. The van der Waals surface area contributed by atoms with Gasteiger partial charge in [-0.1, -0.05) is 11.6 Å². The van der Waals surface area contributed by atoms with Crippen molar-refractivity contribution in [3.63, 3.8) is 0 Å². The molecule has 3 heterocycles. The van der Waals surface area contributed by atoms with E-state index in [2.05, 4.69) is 14.5 Å². The van der Waals surface area contributed by atoms with Crippen LogP contribution in [0.15, 0.2) is 12.4 Å². The summed E-state index contributed by atoms with van der Waals surface area (Å²) in [5.74, 6) is 1.72. The highest BCUT2D eigenvalue weighted by atomic mass is 35.5. The topological polar surface area (TPSA) is 39.9 Å². The van der Waals surface area contributed by atoms with E-state index in [9.17, 15) is 0 Å². The van der Waals surface area contributed by atoms with Gasteiger partial charge in [0.15, 0.2) is 0 Å². The molecule has 0 saturated carbocycles. The fraction of sp³-hybridized carbons (Fsp3) is 0.538. The van der Waals surface area contributed by atoms with Crippen molar-refractivity contribution in [2.45, 2.75) is 25.3 Å². The molecule has 0 radical (unpaired) electrons. The molecule has 0 aliphatic carbocycles. The molecule has 0 bridgehead atoms. The van der Waals surface area contributed by atoms with Crippen molar-refractivity contribution in [1.29, 1.82) is 0 Å². The van der Waals surface area contributed by atoms with Crippen molar-refractivity contribution >= 4 is 34.2 Å². The van der Waals surface area contributed by atoms with Crippen molar-refractivity contribution in [1.82, 2.24) is 14.5 Å². The van der Waals surface area contributed by atoms with Gasteiger partial charge in [0.2, 0.25) is 0 Å². The molecule has 102 valence electrons. The van der Waals surface area contributed by atoms with E-state index >= 15 is 0 Å². The lowest BCUT2D eigenvalue weighted by atomic mass is 10.0. The van der Waals surface area contributed by atoms with Gasteiger partial charge in [0.25, 0.3) is 0 Å². The second kappa shape index (κ2) is 5.65. The van der Waals surface area contributed by atoms with E-state index in [-0.39, 0.29) is 0 Å². The summed E-state index contributed by atoms with van der Waals surface area (Å²) in [6, 6.07) is 0. The molecule has 1 unspecified atom stereocenters. The van der Waals surface area contributed by atoms with Gasteiger partial charge in [-0.05, 0) is 12.8 Å². The SMILES string of the molecule is ClCc1nc2cncc(Cl)c2n1CC1CCCOC1. The third-order valence-corrected chi connectivity index (χ3v) is 4.02. The summed E-state index contributed by atoms with van der Waals surface area (Å²) in [7, 11) is 0. The van der Waals surface area contributed by atoms with Crippen LogP contribution in [-0.4, -0.2) is 27.7 Å². The Morgan fingerprint density at radius 3 is 3.05 bits per heavy atom. The number of nitrogens with zero attached hydrogens (tertiary/aromatic N) is 3. The Labute approximate surface area is 121 Å². The molecule has 0 amide bonds. The largest absolute Gasteiger partial charge is 0.381 e. The number of fused-ring (bicyclic) bond motifs is 1. The van der Waals surface area contributed by atoms with Crippen molar-refractivity contribution in [3.05, 3.63) is 23.2 Å². The van der Waals surface area contributed by atoms with Crippen LogP contribution >= 0.6 is 23.2 Å². The Morgan fingerprint density at radius 1 is 1.42 bits per heavy atom. The van der Waals surface area contributed by atoms with E-state index in [0.29, 0.717) is 16.8 Å². The Kier molecular flexibility index (Phi) is 3.91. The van der Waals surface area contributed by atoms with Gasteiger partial charge in [0.05, 0.1) is 29.2 Å². The minimum Gasteiger partial charge on any atom is -0.381 e. The van der Waals surface area contributed by atoms with E-state index in [1.54, 1.807) is 12.4 Å². The maximum absolute atomic E-state index is 6.25. The highest BCUT2D eigenvalue weighted by molar-refractivity contribution is 6.34. The molecule has 6 heteroatoms. The van der Waals surface area contributed by atoms with Crippen LogP contribution in [0.4, 0.5) is 0 Å². The van der Waals surface area contributed by atoms with Crippen molar-refractivity contribution < 1.29 is 4.74 Å². The standard InChI is InChI=1S/C13H15Cl2N3O/c14-4-12-17-11-6-16-5-10(15)13(11)18(12)7-9-2-1-3-19-8-9/h5-6,9H,1-4,7-8H2. The number of imidazole rings is 1. The minimum absolute atomic E-state index is 0.374. The molecule has 1 atom stereocenters. The summed E-state index contributed by atoms with van der Waals surface area (Å²) in [6.45, 7) is 2.51. The van der Waals surface area contributed by atoms with Crippen LogP contribution in [0.1, 0.15) is 18.7 Å². The molecular weight excluding hydrogens is 285 g/mol. The third-order valence-electron chi connectivity index (χ3n) is 3.50. The normalized spacial score (nSPS) is 20.0. The summed E-state index contributed by atoms with van der Waals surface area (Å²) in [4.78, 5) is 8.57.